The number of rotatable bonds is 2. The van der Waals surface area contributed by atoms with Gasteiger partial charge >= 0.3 is 5.97 Å². The number of hydrogen-bond acceptors (Lipinski definition) is 5. The van der Waals surface area contributed by atoms with Crippen LogP contribution in [0.3, 0.4) is 0 Å². The fraction of sp³-hybridized carbons (Fsp3) is 0.400. The zero-order chi connectivity index (χ0) is 11.8. The van der Waals surface area contributed by atoms with Crippen LogP contribution in [-0.2, 0) is 9.53 Å². The lowest BCUT2D eigenvalue weighted by molar-refractivity contribution is -0.149. The Bertz CT molecular complexity index is 567. The molecule has 1 saturated heterocycles. The topological polar surface area (TPSA) is 89.6 Å². The van der Waals surface area contributed by atoms with E-state index >= 15 is 0 Å². The second-order valence-corrected chi connectivity index (χ2v) is 3.90. The molecule has 2 aromatic heterocycles. The Morgan fingerprint density at radius 2 is 2.35 bits per heavy atom. The molecule has 0 bridgehead atoms. The van der Waals surface area contributed by atoms with Gasteiger partial charge in [-0.15, -0.1) is 10.2 Å². The molecule has 88 valence electrons. The van der Waals surface area contributed by atoms with E-state index in [2.05, 4.69) is 15.2 Å². The predicted molar refractivity (Wildman–Crippen MR) is 55.3 cm³/mol. The molecule has 2 unspecified atom stereocenters. The van der Waals surface area contributed by atoms with Crippen molar-refractivity contribution < 1.29 is 14.6 Å². The maximum atomic E-state index is 10.8. The first kappa shape index (κ1) is 10.2. The first-order valence-corrected chi connectivity index (χ1v) is 5.28. The third-order valence-electron chi connectivity index (χ3n) is 2.82. The quantitative estimate of drug-likeness (QED) is 0.810. The van der Waals surface area contributed by atoms with Gasteiger partial charge in [-0.2, -0.15) is 0 Å². The molecule has 1 N–H and O–H groups in total. The molecule has 2 aromatic rings. The summed E-state index contributed by atoms with van der Waals surface area (Å²) in [6, 6.07) is 1.74. The van der Waals surface area contributed by atoms with Crippen LogP contribution in [0, 0.1) is 0 Å². The summed E-state index contributed by atoms with van der Waals surface area (Å²) in [7, 11) is 0. The normalized spacial score (nSPS) is 24.2. The average molecular weight is 234 g/mol. The smallest absolute Gasteiger partial charge is 0.332 e. The summed E-state index contributed by atoms with van der Waals surface area (Å²) in [5.41, 5.74) is 0.678. The van der Waals surface area contributed by atoms with Crippen LogP contribution < -0.4 is 0 Å². The average Bonchev–Trinajstić information content (AvgIpc) is 2.95. The zero-order valence-electron chi connectivity index (χ0n) is 8.85. The molecule has 7 nitrogen and oxygen atoms in total. The summed E-state index contributed by atoms with van der Waals surface area (Å²) in [5.74, 6) is -0.323. The monoisotopic (exact) mass is 234 g/mol. The van der Waals surface area contributed by atoms with Crippen molar-refractivity contribution in [3.05, 3.63) is 24.4 Å². The lowest BCUT2D eigenvalue weighted by Crippen LogP contribution is -2.19. The molecule has 7 heteroatoms. The van der Waals surface area contributed by atoms with E-state index in [1.165, 1.54) is 0 Å². The number of carbonyl (C=O) groups is 1. The van der Waals surface area contributed by atoms with Gasteiger partial charge in [0.05, 0.1) is 0 Å². The lowest BCUT2D eigenvalue weighted by atomic mass is 10.2. The number of carboxylic acid groups (broad SMARTS) is 1. The molecule has 0 aromatic carbocycles. The second-order valence-electron chi connectivity index (χ2n) is 3.90. The van der Waals surface area contributed by atoms with Gasteiger partial charge in [-0.25, -0.2) is 9.78 Å². The first-order chi connectivity index (χ1) is 8.25. The van der Waals surface area contributed by atoms with Crippen LogP contribution in [0.2, 0.25) is 0 Å². The lowest BCUT2D eigenvalue weighted by Gasteiger charge is -2.08. The molecule has 1 aliphatic heterocycles. The Hall–Kier alpha value is -2.02. The molecule has 1 aliphatic rings. The van der Waals surface area contributed by atoms with E-state index in [-0.39, 0.29) is 6.10 Å². The molecule has 0 saturated carbocycles. The third-order valence-corrected chi connectivity index (χ3v) is 2.82. The van der Waals surface area contributed by atoms with Gasteiger partial charge in [-0.05, 0) is 12.8 Å². The van der Waals surface area contributed by atoms with Crippen molar-refractivity contribution in [1.29, 1.82) is 0 Å². The Morgan fingerprint density at radius 1 is 1.47 bits per heavy atom. The van der Waals surface area contributed by atoms with Crippen LogP contribution in [0.25, 0.3) is 5.65 Å². The van der Waals surface area contributed by atoms with Crippen molar-refractivity contribution in [3.63, 3.8) is 0 Å². The molecule has 0 spiro atoms. The first-order valence-electron chi connectivity index (χ1n) is 5.28. The number of hydrogen-bond donors (Lipinski definition) is 1. The maximum Gasteiger partial charge on any atom is 0.332 e. The van der Waals surface area contributed by atoms with Crippen molar-refractivity contribution in [1.82, 2.24) is 19.6 Å². The minimum Gasteiger partial charge on any atom is -0.479 e. The largest absolute Gasteiger partial charge is 0.479 e. The van der Waals surface area contributed by atoms with E-state index in [4.69, 9.17) is 9.84 Å². The summed E-state index contributed by atoms with van der Waals surface area (Å²) in [6.45, 7) is 0. The van der Waals surface area contributed by atoms with Gasteiger partial charge in [0.25, 0.3) is 0 Å². The van der Waals surface area contributed by atoms with Gasteiger partial charge in [0, 0.05) is 12.3 Å². The molecule has 0 aliphatic carbocycles. The standard InChI is InChI=1S/C10H10N4O3/c15-10(16)7-2-1-6(17-7)9-13-12-8-3-4-11-5-14(8)9/h3-7H,1-2H2,(H,15,16). The van der Waals surface area contributed by atoms with Crippen molar-refractivity contribution in [2.24, 2.45) is 0 Å². The fourth-order valence-corrected chi connectivity index (χ4v) is 1.99. The van der Waals surface area contributed by atoms with Gasteiger partial charge < -0.3 is 9.84 Å². The number of fused-ring (bicyclic) bond motifs is 1. The van der Waals surface area contributed by atoms with Crippen LogP contribution in [0.5, 0.6) is 0 Å². The maximum absolute atomic E-state index is 10.8. The molecule has 3 rings (SSSR count). The highest BCUT2D eigenvalue weighted by atomic mass is 16.5. The SMILES string of the molecule is O=C(O)C1CCC(c2nnc3ccncn23)O1. The van der Waals surface area contributed by atoms with Crippen LogP contribution in [0.1, 0.15) is 24.8 Å². The molecule has 17 heavy (non-hydrogen) atoms. The van der Waals surface area contributed by atoms with E-state index in [0.717, 1.165) is 0 Å². The molecule has 1 fully saturated rings. The Labute approximate surface area is 96.1 Å². The highest BCUT2D eigenvalue weighted by molar-refractivity contribution is 5.72. The van der Waals surface area contributed by atoms with E-state index in [0.29, 0.717) is 24.3 Å². The number of aliphatic carboxylic acids is 1. The van der Waals surface area contributed by atoms with Gasteiger partial charge in [0.2, 0.25) is 0 Å². The van der Waals surface area contributed by atoms with E-state index < -0.39 is 12.1 Å². The Morgan fingerprint density at radius 3 is 3.12 bits per heavy atom. The number of ether oxygens (including phenoxy) is 1. The van der Waals surface area contributed by atoms with E-state index in [9.17, 15) is 4.79 Å². The van der Waals surface area contributed by atoms with Crippen LogP contribution in [0.4, 0.5) is 0 Å². The van der Waals surface area contributed by atoms with Crippen molar-refractivity contribution in [2.75, 3.05) is 0 Å². The summed E-state index contributed by atoms with van der Waals surface area (Å²) in [4.78, 5) is 14.8. The van der Waals surface area contributed by atoms with Gasteiger partial charge in [0.15, 0.2) is 17.6 Å². The minimum absolute atomic E-state index is 0.324. The van der Waals surface area contributed by atoms with Crippen molar-refractivity contribution in [3.8, 4) is 0 Å². The number of nitrogens with zero attached hydrogens (tertiary/aromatic N) is 4. The van der Waals surface area contributed by atoms with E-state index in [1.807, 2.05) is 0 Å². The van der Waals surface area contributed by atoms with Crippen molar-refractivity contribution >= 4 is 11.6 Å². The van der Waals surface area contributed by atoms with Gasteiger partial charge in [0.1, 0.15) is 12.4 Å². The summed E-state index contributed by atoms with van der Waals surface area (Å²) in [5, 5.41) is 16.9. The summed E-state index contributed by atoms with van der Waals surface area (Å²) >= 11 is 0. The number of carboxylic acids is 1. The second kappa shape index (κ2) is 3.77. The molecular formula is C10H10N4O3. The minimum atomic E-state index is -0.931. The van der Waals surface area contributed by atoms with Crippen LogP contribution >= 0.6 is 0 Å². The molecule has 0 radical (unpaired) electrons. The van der Waals surface area contributed by atoms with Crippen LogP contribution in [-0.4, -0.2) is 36.8 Å². The predicted octanol–water partition coefficient (Wildman–Crippen LogP) is 0.429. The molecule has 3 heterocycles. The Kier molecular flexibility index (Phi) is 2.25. The molecule has 2 atom stereocenters. The molecular weight excluding hydrogens is 224 g/mol. The highest BCUT2D eigenvalue weighted by Gasteiger charge is 2.33. The van der Waals surface area contributed by atoms with Crippen LogP contribution in [0.15, 0.2) is 18.6 Å². The number of aromatic nitrogens is 4. The van der Waals surface area contributed by atoms with Gasteiger partial charge in [-0.3, -0.25) is 4.40 Å². The summed E-state index contributed by atoms with van der Waals surface area (Å²) in [6.07, 6.45) is 3.28. The highest BCUT2D eigenvalue weighted by Crippen LogP contribution is 2.31. The van der Waals surface area contributed by atoms with Crippen molar-refractivity contribution in [2.45, 2.75) is 25.0 Å². The summed E-state index contributed by atoms with van der Waals surface area (Å²) < 4.78 is 7.14. The Balaban J connectivity index is 1.93. The van der Waals surface area contributed by atoms with Gasteiger partial charge in [-0.1, -0.05) is 0 Å². The third kappa shape index (κ3) is 1.64. The van der Waals surface area contributed by atoms with E-state index in [1.54, 1.807) is 23.0 Å². The molecule has 0 amide bonds. The zero-order valence-corrected chi connectivity index (χ0v) is 8.85. The fourth-order valence-electron chi connectivity index (χ4n) is 1.99.